The SMILES string of the molecule is O=c1[nH]nc(-c2ccccc2)nc1C(N=Nc1ccccc1)c1ccccc1. The molecule has 1 N–H and O–H groups in total. The highest BCUT2D eigenvalue weighted by Gasteiger charge is 2.20. The first kappa shape index (κ1) is 17.5. The van der Waals surface area contributed by atoms with Gasteiger partial charge in [0.2, 0.25) is 0 Å². The van der Waals surface area contributed by atoms with Crippen LogP contribution in [0.25, 0.3) is 11.4 Å². The monoisotopic (exact) mass is 367 g/mol. The number of aromatic nitrogens is 3. The maximum absolute atomic E-state index is 12.5. The van der Waals surface area contributed by atoms with E-state index in [2.05, 4.69) is 25.4 Å². The van der Waals surface area contributed by atoms with Gasteiger partial charge < -0.3 is 0 Å². The minimum atomic E-state index is -0.643. The first-order chi connectivity index (χ1) is 13.8. The number of benzene rings is 3. The molecule has 0 amide bonds. The van der Waals surface area contributed by atoms with Gasteiger partial charge in [-0.25, -0.2) is 10.1 Å². The fourth-order valence-corrected chi connectivity index (χ4v) is 2.79. The first-order valence-electron chi connectivity index (χ1n) is 8.84. The molecule has 1 unspecified atom stereocenters. The molecule has 0 aliphatic rings. The normalized spacial score (nSPS) is 12.1. The largest absolute Gasteiger partial charge is 0.288 e. The van der Waals surface area contributed by atoms with Gasteiger partial charge >= 0.3 is 0 Å². The van der Waals surface area contributed by atoms with Crippen molar-refractivity contribution in [2.75, 3.05) is 0 Å². The van der Waals surface area contributed by atoms with Gasteiger partial charge in [-0.15, -0.1) is 0 Å². The Balaban J connectivity index is 1.80. The second-order valence-electron chi connectivity index (χ2n) is 6.10. The van der Waals surface area contributed by atoms with Crippen molar-refractivity contribution < 1.29 is 0 Å². The van der Waals surface area contributed by atoms with E-state index in [-0.39, 0.29) is 11.3 Å². The molecule has 1 atom stereocenters. The molecule has 6 nitrogen and oxygen atoms in total. The quantitative estimate of drug-likeness (QED) is 0.519. The van der Waals surface area contributed by atoms with Crippen LogP contribution >= 0.6 is 0 Å². The molecule has 3 aromatic carbocycles. The Morgan fingerprint density at radius 1 is 0.786 bits per heavy atom. The summed E-state index contributed by atoms with van der Waals surface area (Å²) in [5.41, 5.74) is 2.20. The van der Waals surface area contributed by atoms with Gasteiger partial charge in [0.15, 0.2) is 5.82 Å². The Morgan fingerprint density at radius 2 is 1.39 bits per heavy atom. The molecular formula is C22H17N5O. The van der Waals surface area contributed by atoms with E-state index in [1.165, 1.54) is 0 Å². The van der Waals surface area contributed by atoms with Crippen molar-refractivity contribution in [1.29, 1.82) is 0 Å². The fraction of sp³-hybridized carbons (Fsp3) is 0.0455. The molecule has 0 saturated carbocycles. The van der Waals surface area contributed by atoms with Crippen LogP contribution in [0.3, 0.4) is 0 Å². The summed E-state index contributed by atoms with van der Waals surface area (Å²) in [5, 5.41) is 15.4. The van der Waals surface area contributed by atoms with Crippen LogP contribution in [0.4, 0.5) is 5.69 Å². The van der Waals surface area contributed by atoms with Gasteiger partial charge in [0, 0.05) is 5.56 Å². The van der Waals surface area contributed by atoms with Crippen LogP contribution in [-0.2, 0) is 0 Å². The number of nitrogens with one attached hydrogen (secondary N) is 1. The van der Waals surface area contributed by atoms with Gasteiger partial charge in [0.05, 0.1) is 5.69 Å². The van der Waals surface area contributed by atoms with Crippen LogP contribution in [0.2, 0.25) is 0 Å². The number of hydrogen-bond acceptors (Lipinski definition) is 5. The summed E-state index contributed by atoms with van der Waals surface area (Å²) in [6.45, 7) is 0. The lowest BCUT2D eigenvalue weighted by Crippen LogP contribution is -2.20. The summed E-state index contributed by atoms with van der Waals surface area (Å²) in [6, 6.07) is 27.7. The molecule has 0 spiro atoms. The predicted octanol–water partition coefficient (Wildman–Crippen LogP) is 4.71. The Kier molecular flexibility index (Phi) is 5.11. The number of aromatic amines is 1. The number of rotatable bonds is 5. The van der Waals surface area contributed by atoms with Gasteiger partial charge in [-0.3, -0.25) is 4.79 Å². The summed E-state index contributed by atoms with van der Waals surface area (Å²) >= 11 is 0. The highest BCUT2D eigenvalue weighted by Crippen LogP contribution is 2.26. The fourth-order valence-electron chi connectivity index (χ4n) is 2.79. The van der Waals surface area contributed by atoms with Crippen molar-refractivity contribution in [2.45, 2.75) is 6.04 Å². The third-order valence-corrected chi connectivity index (χ3v) is 4.17. The first-order valence-corrected chi connectivity index (χ1v) is 8.84. The molecule has 6 heteroatoms. The van der Waals surface area contributed by atoms with Crippen LogP contribution < -0.4 is 5.56 Å². The van der Waals surface area contributed by atoms with Crippen molar-refractivity contribution in [2.24, 2.45) is 10.2 Å². The van der Waals surface area contributed by atoms with E-state index in [0.29, 0.717) is 11.5 Å². The zero-order valence-electron chi connectivity index (χ0n) is 14.9. The Labute approximate surface area is 161 Å². The van der Waals surface area contributed by atoms with E-state index in [4.69, 9.17) is 0 Å². The summed E-state index contributed by atoms with van der Waals surface area (Å²) in [6.07, 6.45) is 0. The van der Waals surface area contributed by atoms with Crippen molar-refractivity contribution in [3.63, 3.8) is 0 Å². The maximum atomic E-state index is 12.5. The third-order valence-electron chi connectivity index (χ3n) is 4.17. The second kappa shape index (κ2) is 8.18. The molecule has 1 aromatic heterocycles. The molecule has 0 saturated heterocycles. The van der Waals surface area contributed by atoms with Crippen molar-refractivity contribution in [3.05, 3.63) is 113 Å². The molecule has 28 heavy (non-hydrogen) atoms. The maximum Gasteiger partial charge on any atom is 0.288 e. The zero-order chi connectivity index (χ0) is 19.2. The molecule has 4 rings (SSSR count). The van der Waals surface area contributed by atoms with Crippen molar-refractivity contribution >= 4 is 5.69 Å². The molecule has 0 fully saturated rings. The minimum Gasteiger partial charge on any atom is -0.266 e. The zero-order valence-corrected chi connectivity index (χ0v) is 14.9. The van der Waals surface area contributed by atoms with Gasteiger partial charge in [-0.2, -0.15) is 15.3 Å². The molecule has 0 bridgehead atoms. The average Bonchev–Trinajstić information content (AvgIpc) is 2.77. The Bertz CT molecular complexity index is 1130. The number of H-pyrrole nitrogens is 1. The van der Waals surface area contributed by atoms with E-state index in [1.54, 1.807) is 0 Å². The average molecular weight is 367 g/mol. The van der Waals surface area contributed by atoms with Gasteiger partial charge in [-0.1, -0.05) is 78.9 Å². The molecule has 1 heterocycles. The summed E-state index contributed by atoms with van der Waals surface area (Å²) < 4.78 is 0. The predicted molar refractivity (Wildman–Crippen MR) is 107 cm³/mol. The lowest BCUT2D eigenvalue weighted by atomic mass is 10.0. The van der Waals surface area contributed by atoms with Gasteiger partial charge in [-0.05, 0) is 17.7 Å². The second-order valence-corrected chi connectivity index (χ2v) is 6.10. The van der Waals surface area contributed by atoms with E-state index >= 15 is 0 Å². The third kappa shape index (κ3) is 3.91. The standard InChI is InChI=1S/C22H17N5O/c28-22-20(23-21(26-27-22)17-12-6-2-7-13-17)19(16-10-4-1-5-11-16)25-24-18-14-8-3-9-15-18/h1-15,19H,(H,27,28). The lowest BCUT2D eigenvalue weighted by molar-refractivity contribution is 0.740. The van der Waals surface area contributed by atoms with Crippen LogP contribution in [0.15, 0.2) is 106 Å². The number of azo groups is 1. The Hall–Kier alpha value is -3.93. The highest BCUT2D eigenvalue weighted by molar-refractivity contribution is 5.54. The van der Waals surface area contributed by atoms with E-state index in [9.17, 15) is 4.79 Å². The van der Waals surface area contributed by atoms with E-state index in [1.807, 2.05) is 91.0 Å². The smallest absolute Gasteiger partial charge is 0.266 e. The van der Waals surface area contributed by atoms with Crippen molar-refractivity contribution in [1.82, 2.24) is 15.2 Å². The number of nitrogens with zero attached hydrogens (tertiary/aromatic N) is 4. The van der Waals surface area contributed by atoms with Crippen LogP contribution in [0.1, 0.15) is 17.3 Å². The lowest BCUT2D eigenvalue weighted by Gasteiger charge is -2.11. The highest BCUT2D eigenvalue weighted by atomic mass is 16.1. The minimum absolute atomic E-state index is 0.250. The number of hydrogen-bond donors (Lipinski definition) is 1. The Morgan fingerprint density at radius 3 is 2.07 bits per heavy atom. The van der Waals surface area contributed by atoms with Crippen LogP contribution in [-0.4, -0.2) is 15.2 Å². The molecule has 0 aliphatic carbocycles. The van der Waals surface area contributed by atoms with Gasteiger partial charge in [0.25, 0.3) is 5.56 Å². The summed E-state index contributed by atoms with van der Waals surface area (Å²) in [5.74, 6) is 0.436. The molecular weight excluding hydrogens is 350 g/mol. The van der Waals surface area contributed by atoms with Crippen LogP contribution in [0.5, 0.6) is 0 Å². The van der Waals surface area contributed by atoms with E-state index in [0.717, 1.165) is 11.1 Å². The molecule has 0 aliphatic heterocycles. The molecule has 0 radical (unpaired) electrons. The topological polar surface area (TPSA) is 83.4 Å². The van der Waals surface area contributed by atoms with E-state index < -0.39 is 6.04 Å². The summed E-state index contributed by atoms with van der Waals surface area (Å²) in [4.78, 5) is 17.1. The van der Waals surface area contributed by atoms with Crippen LogP contribution in [0, 0.1) is 0 Å². The van der Waals surface area contributed by atoms with Gasteiger partial charge in [0.1, 0.15) is 11.7 Å². The summed E-state index contributed by atoms with van der Waals surface area (Å²) in [7, 11) is 0. The molecule has 136 valence electrons. The molecule has 4 aromatic rings. The van der Waals surface area contributed by atoms with Crippen molar-refractivity contribution in [3.8, 4) is 11.4 Å².